The number of likely N-dealkylation sites (N-methyl/N-ethyl adjacent to an activating group) is 3. The number of rotatable bonds is 13. The van der Waals surface area contributed by atoms with E-state index in [0.717, 1.165) is 6.42 Å². The third-order valence-electron chi connectivity index (χ3n) is 4.07. The molecule has 0 aromatic carbocycles. The lowest BCUT2D eigenvalue weighted by Crippen LogP contribution is -2.71. The molecule has 19 heavy (non-hydrogen) atoms. The molecule has 4 heteroatoms. The highest BCUT2D eigenvalue weighted by molar-refractivity contribution is 4.88. The Hall–Kier alpha value is -0.160. The average Bonchev–Trinajstić information content (AvgIpc) is 2.45. The van der Waals surface area contributed by atoms with E-state index in [1.807, 2.05) is 21.1 Å². The summed E-state index contributed by atoms with van der Waals surface area (Å²) < 4.78 is 0. The second-order valence-electron chi connectivity index (χ2n) is 5.47. The minimum atomic E-state index is -0.518. The SMILES string of the molecule is CCCCCCCCCCC(NC)C(N)(NC)NC. The van der Waals surface area contributed by atoms with E-state index in [4.69, 9.17) is 5.73 Å². The topological polar surface area (TPSA) is 62.1 Å². The minimum absolute atomic E-state index is 0.252. The summed E-state index contributed by atoms with van der Waals surface area (Å²) in [6.07, 6.45) is 11.9. The van der Waals surface area contributed by atoms with Gasteiger partial charge in [0.25, 0.3) is 0 Å². The third kappa shape index (κ3) is 7.88. The normalized spacial score (nSPS) is 13.7. The summed E-state index contributed by atoms with van der Waals surface area (Å²) in [6, 6.07) is 0.252. The van der Waals surface area contributed by atoms with E-state index in [1.165, 1.54) is 51.4 Å². The van der Waals surface area contributed by atoms with Crippen LogP contribution in [0.4, 0.5) is 0 Å². The smallest absolute Gasteiger partial charge is 0.136 e. The Labute approximate surface area is 120 Å². The van der Waals surface area contributed by atoms with Crippen LogP contribution in [0.3, 0.4) is 0 Å². The standard InChI is InChI=1S/C15H36N4/c1-5-6-7-8-9-10-11-12-13-14(17-2)15(16,18-3)19-4/h14,17-19H,5-13,16H2,1-4H3. The molecule has 0 rings (SSSR count). The molecule has 0 aliphatic rings. The molecular formula is C15H36N4. The van der Waals surface area contributed by atoms with Gasteiger partial charge in [-0.05, 0) is 27.6 Å². The first-order valence-corrected chi connectivity index (χ1v) is 7.98. The molecule has 0 aliphatic carbocycles. The van der Waals surface area contributed by atoms with Crippen molar-refractivity contribution in [3.05, 3.63) is 0 Å². The molecule has 0 amide bonds. The van der Waals surface area contributed by atoms with Crippen molar-refractivity contribution in [2.24, 2.45) is 5.73 Å². The van der Waals surface area contributed by atoms with Crippen molar-refractivity contribution in [3.63, 3.8) is 0 Å². The van der Waals surface area contributed by atoms with E-state index < -0.39 is 5.79 Å². The van der Waals surface area contributed by atoms with Gasteiger partial charge in [-0.3, -0.25) is 16.4 Å². The third-order valence-corrected chi connectivity index (χ3v) is 4.07. The van der Waals surface area contributed by atoms with E-state index in [2.05, 4.69) is 22.9 Å². The van der Waals surface area contributed by atoms with Gasteiger partial charge < -0.3 is 5.32 Å². The molecule has 0 aromatic heterocycles. The summed E-state index contributed by atoms with van der Waals surface area (Å²) in [5.74, 6) is -0.518. The molecule has 0 saturated heterocycles. The summed E-state index contributed by atoms with van der Waals surface area (Å²) in [7, 11) is 5.77. The predicted octanol–water partition coefficient (Wildman–Crippen LogP) is 2.16. The maximum atomic E-state index is 6.26. The fraction of sp³-hybridized carbons (Fsp3) is 1.00. The van der Waals surface area contributed by atoms with Crippen LogP contribution in [0, 0.1) is 0 Å². The molecule has 0 heterocycles. The van der Waals surface area contributed by atoms with E-state index in [-0.39, 0.29) is 6.04 Å². The molecule has 1 atom stereocenters. The number of hydrogen-bond donors (Lipinski definition) is 4. The van der Waals surface area contributed by atoms with Crippen LogP contribution < -0.4 is 21.7 Å². The molecule has 4 nitrogen and oxygen atoms in total. The van der Waals surface area contributed by atoms with Gasteiger partial charge in [-0.1, -0.05) is 58.3 Å². The molecule has 0 radical (unpaired) electrons. The Morgan fingerprint density at radius 2 is 1.32 bits per heavy atom. The van der Waals surface area contributed by atoms with E-state index in [9.17, 15) is 0 Å². The van der Waals surface area contributed by atoms with Crippen molar-refractivity contribution in [2.45, 2.75) is 76.5 Å². The van der Waals surface area contributed by atoms with Gasteiger partial charge in [-0.2, -0.15) is 0 Å². The Kier molecular flexibility index (Phi) is 11.6. The molecule has 0 spiro atoms. The molecule has 116 valence electrons. The molecule has 5 N–H and O–H groups in total. The molecule has 1 unspecified atom stereocenters. The number of unbranched alkanes of at least 4 members (excludes halogenated alkanes) is 7. The predicted molar refractivity (Wildman–Crippen MR) is 85.1 cm³/mol. The lowest BCUT2D eigenvalue weighted by atomic mass is 10.0. The van der Waals surface area contributed by atoms with Crippen molar-refractivity contribution in [1.82, 2.24) is 16.0 Å². The zero-order valence-corrected chi connectivity index (χ0v) is 13.5. The highest BCUT2D eigenvalue weighted by Gasteiger charge is 2.29. The molecule has 0 aliphatic heterocycles. The van der Waals surface area contributed by atoms with Crippen LogP contribution in [0.25, 0.3) is 0 Å². The van der Waals surface area contributed by atoms with E-state index in [1.54, 1.807) is 0 Å². The number of nitrogens with one attached hydrogen (secondary N) is 3. The quantitative estimate of drug-likeness (QED) is 0.306. The van der Waals surface area contributed by atoms with Crippen LogP contribution in [0.1, 0.15) is 64.7 Å². The van der Waals surface area contributed by atoms with Gasteiger partial charge >= 0.3 is 0 Å². The van der Waals surface area contributed by atoms with Crippen LogP contribution in [0.5, 0.6) is 0 Å². The number of hydrogen-bond acceptors (Lipinski definition) is 4. The summed E-state index contributed by atoms with van der Waals surface area (Å²) in [4.78, 5) is 0. The Balaban J connectivity index is 3.67. The maximum absolute atomic E-state index is 6.26. The van der Waals surface area contributed by atoms with E-state index >= 15 is 0 Å². The minimum Gasteiger partial charge on any atom is -0.313 e. The van der Waals surface area contributed by atoms with Gasteiger partial charge in [-0.15, -0.1) is 0 Å². The Bertz CT molecular complexity index is 193. The highest BCUT2D eigenvalue weighted by atomic mass is 15.3. The van der Waals surface area contributed by atoms with Crippen LogP contribution >= 0.6 is 0 Å². The number of nitrogens with two attached hydrogens (primary N) is 1. The second-order valence-corrected chi connectivity index (χ2v) is 5.47. The molecule has 0 fully saturated rings. The summed E-state index contributed by atoms with van der Waals surface area (Å²) in [5.41, 5.74) is 6.26. The van der Waals surface area contributed by atoms with Crippen molar-refractivity contribution >= 4 is 0 Å². The van der Waals surface area contributed by atoms with Gasteiger partial charge in [0.15, 0.2) is 0 Å². The first-order valence-electron chi connectivity index (χ1n) is 7.98. The monoisotopic (exact) mass is 272 g/mol. The molecule has 0 saturated carbocycles. The summed E-state index contributed by atoms with van der Waals surface area (Å²) in [5, 5.41) is 9.63. The zero-order chi connectivity index (χ0) is 14.6. The lowest BCUT2D eigenvalue weighted by molar-refractivity contribution is 0.208. The van der Waals surface area contributed by atoms with Crippen molar-refractivity contribution in [1.29, 1.82) is 0 Å². The van der Waals surface area contributed by atoms with Crippen LogP contribution in [0.15, 0.2) is 0 Å². The summed E-state index contributed by atoms with van der Waals surface area (Å²) in [6.45, 7) is 2.26. The molecule has 0 aromatic rings. The lowest BCUT2D eigenvalue weighted by Gasteiger charge is -2.37. The van der Waals surface area contributed by atoms with Gasteiger partial charge in [0.2, 0.25) is 0 Å². The Morgan fingerprint density at radius 3 is 1.74 bits per heavy atom. The van der Waals surface area contributed by atoms with Crippen LogP contribution in [-0.4, -0.2) is 33.0 Å². The van der Waals surface area contributed by atoms with Crippen LogP contribution in [-0.2, 0) is 0 Å². The summed E-state index contributed by atoms with van der Waals surface area (Å²) >= 11 is 0. The van der Waals surface area contributed by atoms with Gasteiger partial charge in [0, 0.05) is 0 Å². The zero-order valence-electron chi connectivity index (χ0n) is 13.5. The Morgan fingerprint density at radius 1 is 0.842 bits per heavy atom. The van der Waals surface area contributed by atoms with Gasteiger partial charge in [-0.25, -0.2) is 0 Å². The van der Waals surface area contributed by atoms with Crippen molar-refractivity contribution < 1.29 is 0 Å². The van der Waals surface area contributed by atoms with Gasteiger partial charge in [0.1, 0.15) is 5.79 Å². The van der Waals surface area contributed by atoms with Gasteiger partial charge in [0.05, 0.1) is 6.04 Å². The average molecular weight is 272 g/mol. The first kappa shape index (κ1) is 18.8. The van der Waals surface area contributed by atoms with Crippen molar-refractivity contribution in [3.8, 4) is 0 Å². The first-order chi connectivity index (χ1) is 9.14. The maximum Gasteiger partial charge on any atom is 0.136 e. The fourth-order valence-corrected chi connectivity index (χ4v) is 2.56. The molecule has 0 bridgehead atoms. The van der Waals surface area contributed by atoms with Crippen LogP contribution in [0.2, 0.25) is 0 Å². The van der Waals surface area contributed by atoms with E-state index in [0.29, 0.717) is 0 Å². The molecular weight excluding hydrogens is 236 g/mol. The fourth-order valence-electron chi connectivity index (χ4n) is 2.56. The van der Waals surface area contributed by atoms with Crippen molar-refractivity contribution in [2.75, 3.05) is 21.1 Å². The second kappa shape index (κ2) is 11.6. The largest absolute Gasteiger partial charge is 0.313 e. The highest BCUT2D eigenvalue weighted by Crippen LogP contribution is 2.13.